The van der Waals surface area contributed by atoms with Crippen molar-refractivity contribution in [2.45, 2.75) is 6.42 Å². The summed E-state index contributed by atoms with van der Waals surface area (Å²) in [6, 6.07) is 19.0. The topological polar surface area (TPSA) is 57.7 Å². The van der Waals surface area contributed by atoms with Crippen molar-refractivity contribution >= 4 is 38.5 Å². The lowest BCUT2D eigenvalue weighted by molar-refractivity contribution is 0.215. The van der Waals surface area contributed by atoms with Gasteiger partial charge < -0.3 is 14.5 Å². The molecule has 0 saturated carbocycles. The number of thiazole rings is 1. The normalized spacial score (nSPS) is 15.9. The maximum absolute atomic E-state index is 13.1. The molecule has 1 atom stereocenters. The van der Waals surface area contributed by atoms with Gasteiger partial charge in [-0.2, -0.15) is 0 Å². The predicted octanol–water partition coefficient (Wildman–Crippen LogP) is 6.10. The number of aromatic nitrogens is 1. The number of rotatable bonds is 6. The molecule has 3 aromatic carbocycles. The third kappa shape index (κ3) is 5.61. The van der Waals surface area contributed by atoms with Gasteiger partial charge in [0.1, 0.15) is 11.6 Å². The molecule has 1 N–H and O–H groups in total. The molecule has 0 aliphatic carbocycles. The molecule has 35 heavy (non-hydrogen) atoms. The summed E-state index contributed by atoms with van der Waals surface area (Å²) >= 11 is 1.62. The van der Waals surface area contributed by atoms with E-state index in [0.29, 0.717) is 17.4 Å². The Labute approximate surface area is 208 Å². The lowest BCUT2D eigenvalue weighted by Gasteiger charge is -2.20. The third-order valence-corrected chi connectivity index (χ3v) is 7.35. The first-order valence-corrected chi connectivity index (χ1v) is 12.4. The third-order valence-electron chi connectivity index (χ3n) is 6.21. The van der Waals surface area contributed by atoms with Crippen LogP contribution >= 0.6 is 11.3 Å². The Morgan fingerprint density at radius 1 is 1.14 bits per heavy atom. The Morgan fingerprint density at radius 2 is 1.86 bits per heavy atom. The van der Waals surface area contributed by atoms with Gasteiger partial charge in [0.25, 0.3) is 0 Å². The van der Waals surface area contributed by atoms with Crippen LogP contribution in [0.15, 0.2) is 66.7 Å². The second kappa shape index (κ2) is 10.0. The van der Waals surface area contributed by atoms with Crippen molar-refractivity contribution in [3.63, 3.8) is 0 Å². The van der Waals surface area contributed by atoms with E-state index in [-0.39, 0.29) is 5.82 Å². The van der Waals surface area contributed by atoms with Crippen LogP contribution in [0.4, 0.5) is 20.0 Å². The zero-order valence-corrected chi connectivity index (χ0v) is 20.5. The minimum atomic E-state index is -0.564. The van der Waals surface area contributed by atoms with Gasteiger partial charge in [-0.15, -0.1) is 0 Å². The van der Waals surface area contributed by atoms with Gasteiger partial charge in [0.2, 0.25) is 0 Å². The van der Waals surface area contributed by atoms with Crippen molar-refractivity contribution in [1.29, 1.82) is 0 Å². The number of hydrogen-bond donors (Lipinski definition) is 1. The average Bonchev–Trinajstić information content (AvgIpc) is 3.45. The molecule has 1 saturated heterocycles. The first-order valence-electron chi connectivity index (χ1n) is 11.6. The van der Waals surface area contributed by atoms with Crippen LogP contribution < -0.4 is 15.0 Å². The van der Waals surface area contributed by atoms with E-state index < -0.39 is 6.09 Å². The molecule has 0 radical (unpaired) electrons. The maximum Gasteiger partial charge on any atom is 0.417 e. The quantitative estimate of drug-likeness (QED) is 0.354. The van der Waals surface area contributed by atoms with Crippen LogP contribution in [0.2, 0.25) is 0 Å². The van der Waals surface area contributed by atoms with E-state index in [0.717, 1.165) is 46.1 Å². The molecule has 1 fully saturated rings. The van der Waals surface area contributed by atoms with E-state index in [1.165, 1.54) is 18.6 Å². The Hall–Kier alpha value is -3.49. The monoisotopic (exact) mass is 490 g/mol. The van der Waals surface area contributed by atoms with Gasteiger partial charge in [0, 0.05) is 25.8 Å². The smallest absolute Gasteiger partial charge is 0.410 e. The van der Waals surface area contributed by atoms with Crippen LogP contribution in [0.5, 0.6) is 5.75 Å². The summed E-state index contributed by atoms with van der Waals surface area (Å²) in [5.41, 5.74) is 3.37. The molecular formula is C27H27FN4O2S. The molecule has 6 nitrogen and oxygen atoms in total. The number of anilines is 2. The van der Waals surface area contributed by atoms with Crippen LogP contribution in [-0.2, 0) is 0 Å². The number of hydrogen-bond acceptors (Lipinski definition) is 6. The summed E-state index contributed by atoms with van der Waals surface area (Å²) in [4.78, 5) is 21.8. The average molecular weight is 491 g/mol. The second-order valence-corrected chi connectivity index (χ2v) is 10.0. The molecule has 8 heteroatoms. The maximum atomic E-state index is 13.1. The molecule has 0 bridgehead atoms. The number of carbonyl (C=O) groups excluding carboxylic acids is 1. The van der Waals surface area contributed by atoms with Crippen molar-refractivity contribution in [1.82, 2.24) is 9.88 Å². The second-order valence-electron chi connectivity index (χ2n) is 9.02. The highest BCUT2D eigenvalue weighted by Gasteiger charge is 2.22. The summed E-state index contributed by atoms with van der Waals surface area (Å²) in [7, 11) is 4.26. The van der Waals surface area contributed by atoms with Crippen LogP contribution in [0.25, 0.3) is 21.3 Å². The number of nitrogens with one attached hydrogen (secondary N) is 1. The number of halogens is 1. The minimum Gasteiger partial charge on any atom is -0.410 e. The van der Waals surface area contributed by atoms with Crippen molar-refractivity contribution in [3.8, 4) is 16.9 Å². The van der Waals surface area contributed by atoms with E-state index in [2.05, 4.69) is 29.2 Å². The number of amides is 1. The van der Waals surface area contributed by atoms with Crippen molar-refractivity contribution in [2.24, 2.45) is 5.92 Å². The first kappa shape index (κ1) is 23.3. The summed E-state index contributed by atoms with van der Waals surface area (Å²) in [6.45, 7) is 3.27. The summed E-state index contributed by atoms with van der Waals surface area (Å²) in [6.07, 6.45) is 0.655. The lowest BCUT2D eigenvalue weighted by Crippen LogP contribution is -2.27. The zero-order valence-electron chi connectivity index (χ0n) is 19.7. The van der Waals surface area contributed by atoms with Gasteiger partial charge in [0.05, 0.1) is 10.2 Å². The van der Waals surface area contributed by atoms with Crippen LogP contribution in [-0.4, -0.2) is 49.7 Å². The molecule has 1 aliphatic rings. The zero-order chi connectivity index (χ0) is 24.4. The molecule has 5 rings (SSSR count). The molecule has 1 unspecified atom stereocenters. The fourth-order valence-corrected chi connectivity index (χ4v) is 5.38. The molecule has 180 valence electrons. The van der Waals surface area contributed by atoms with E-state index in [1.807, 2.05) is 30.3 Å². The van der Waals surface area contributed by atoms with Gasteiger partial charge in [-0.05, 0) is 79.5 Å². The lowest BCUT2D eigenvalue weighted by atomic mass is 10.1. The Balaban J connectivity index is 1.20. The van der Waals surface area contributed by atoms with Crippen LogP contribution in [0.1, 0.15) is 6.42 Å². The summed E-state index contributed by atoms with van der Waals surface area (Å²) in [5, 5.41) is 3.78. The largest absolute Gasteiger partial charge is 0.417 e. The Kier molecular flexibility index (Phi) is 6.66. The predicted molar refractivity (Wildman–Crippen MR) is 140 cm³/mol. The highest BCUT2D eigenvalue weighted by atomic mass is 32.1. The molecule has 0 spiro atoms. The SMILES string of the molecule is CN1CCC(CN(C)c2nc3ccc(NC(=O)Oc4ccc(-c5ccc(F)cc5)cc4)cc3s2)C1. The van der Waals surface area contributed by atoms with Crippen molar-refractivity contribution in [2.75, 3.05) is 43.9 Å². The van der Waals surface area contributed by atoms with Crippen LogP contribution in [0.3, 0.4) is 0 Å². The first-order chi connectivity index (χ1) is 16.9. The molecule has 1 aromatic heterocycles. The van der Waals surface area contributed by atoms with Gasteiger partial charge in [0.15, 0.2) is 5.13 Å². The Morgan fingerprint density at radius 3 is 2.54 bits per heavy atom. The highest BCUT2D eigenvalue weighted by molar-refractivity contribution is 7.22. The van der Waals surface area contributed by atoms with Gasteiger partial charge in [-0.1, -0.05) is 35.6 Å². The Bertz CT molecular complexity index is 1320. The van der Waals surface area contributed by atoms with Gasteiger partial charge >= 0.3 is 6.09 Å². The fourth-order valence-electron chi connectivity index (χ4n) is 4.40. The number of fused-ring (bicyclic) bond motifs is 1. The standard InChI is InChI=1S/C27H27FN4O2S/c1-31-14-13-18(16-31)17-32(2)26-30-24-12-9-22(15-25(24)35-26)29-27(33)34-23-10-5-20(6-11-23)19-3-7-21(28)8-4-19/h3-12,15,18H,13-14,16-17H2,1-2H3,(H,29,33). The summed E-state index contributed by atoms with van der Waals surface area (Å²) in [5.74, 6) is 0.810. The molecule has 2 heterocycles. The number of benzene rings is 3. The van der Waals surface area contributed by atoms with E-state index in [9.17, 15) is 9.18 Å². The number of likely N-dealkylation sites (tertiary alicyclic amines) is 1. The van der Waals surface area contributed by atoms with E-state index in [1.54, 1.807) is 35.6 Å². The molecule has 1 aliphatic heterocycles. The number of ether oxygens (including phenoxy) is 1. The molecule has 4 aromatic rings. The highest BCUT2D eigenvalue weighted by Crippen LogP contribution is 2.31. The van der Waals surface area contributed by atoms with Crippen molar-refractivity contribution in [3.05, 3.63) is 72.5 Å². The minimum absolute atomic E-state index is 0.276. The van der Waals surface area contributed by atoms with E-state index in [4.69, 9.17) is 9.72 Å². The van der Waals surface area contributed by atoms with Gasteiger partial charge in [-0.3, -0.25) is 5.32 Å². The number of carbonyl (C=O) groups is 1. The molecular weight excluding hydrogens is 463 g/mol. The van der Waals surface area contributed by atoms with E-state index >= 15 is 0 Å². The summed E-state index contributed by atoms with van der Waals surface area (Å²) < 4.78 is 19.6. The van der Waals surface area contributed by atoms with Crippen molar-refractivity contribution < 1.29 is 13.9 Å². The van der Waals surface area contributed by atoms with Gasteiger partial charge in [-0.25, -0.2) is 14.2 Å². The van der Waals surface area contributed by atoms with Crippen LogP contribution in [0, 0.1) is 11.7 Å². The molecule has 1 amide bonds. The fraction of sp³-hybridized carbons (Fsp3) is 0.259. The number of nitrogens with zero attached hydrogens (tertiary/aromatic N) is 3.